The van der Waals surface area contributed by atoms with Crippen molar-refractivity contribution in [3.8, 4) is 0 Å². The third kappa shape index (κ3) is 4.37. The molecule has 0 bridgehead atoms. The van der Waals surface area contributed by atoms with Gasteiger partial charge in [-0.05, 0) is 0 Å². The fourth-order valence-electron chi connectivity index (χ4n) is 0.650. The Morgan fingerprint density at radius 3 is 2.31 bits per heavy atom. The van der Waals surface area contributed by atoms with Crippen molar-refractivity contribution >= 4 is 54.4 Å². The quantitative estimate of drug-likeness (QED) is 0.626. The van der Waals surface area contributed by atoms with Gasteiger partial charge in [-0.15, -0.1) is 0 Å². The summed E-state index contributed by atoms with van der Waals surface area (Å²) in [6.07, 6.45) is 0. The Kier molecular flexibility index (Phi) is 6.89. The average molecular weight is 415 g/mol. The first-order valence-electron chi connectivity index (χ1n) is 3.43. The van der Waals surface area contributed by atoms with Gasteiger partial charge in [0, 0.05) is 0 Å². The van der Waals surface area contributed by atoms with Crippen LogP contribution in [0.3, 0.4) is 0 Å². The zero-order valence-electron chi connectivity index (χ0n) is 7.60. The number of carboxylic acids is 1. The van der Waals surface area contributed by atoms with E-state index < -0.39 is 54.4 Å². The van der Waals surface area contributed by atoms with Crippen LogP contribution in [0.2, 0.25) is 9.94 Å². The average Bonchev–Trinajstić information content (AvgIpc) is 2.05. The van der Waals surface area contributed by atoms with E-state index in [9.17, 15) is 9.59 Å². The molecule has 0 aliphatic heterocycles. The van der Waals surface area contributed by atoms with Gasteiger partial charge in [0.25, 0.3) is 0 Å². The molecule has 0 radical (unpaired) electrons. The normalized spacial score (nSPS) is 11.9. The second-order valence-electron chi connectivity index (χ2n) is 2.13. The molecular weight excluding hydrogens is 403 g/mol. The number of aliphatic carboxylic acids is 1. The number of carboxylic acid groups (broad SMARTS) is 1. The number of rotatable bonds is 4. The molecule has 5 nitrogen and oxygen atoms in total. The van der Waals surface area contributed by atoms with Crippen molar-refractivity contribution in [2.24, 2.45) is 0 Å². The van der Waals surface area contributed by atoms with Gasteiger partial charge in [-0.2, -0.15) is 0 Å². The summed E-state index contributed by atoms with van der Waals surface area (Å²) in [4.78, 5) is 25.8. The van der Waals surface area contributed by atoms with Crippen molar-refractivity contribution in [3.63, 3.8) is 0 Å². The van der Waals surface area contributed by atoms with Gasteiger partial charge in [0.05, 0.1) is 0 Å². The topological polar surface area (TPSA) is 69.6 Å². The van der Waals surface area contributed by atoms with E-state index in [2.05, 4.69) is 3.57 Å². The predicted molar refractivity (Wildman–Crippen MR) is 50.7 cm³/mol. The van der Waals surface area contributed by atoms with Crippen molar-refractivity contribution in [1.29, 1.82) is 0 Å². The molecule has 0 aromatic carbocycles. The van der Waals surface area contributed by atoms with E-state index in [4.69, 9.17) is 5.11 Å². The van der Waals surface area contributed by atoms with Crippen LogP contribution in [-0.2, 0) is 4.79 Å². The molecule has 0 fully saturated rings. The van der Waals surface area contributed by atoms with Crippen LogP contribution in [0, 0.1) is 0 Å². The Hall–Kier alpha value is 0.319. The van der Waals surface area contributed by atoms with Crippen LogP contribution >= 0.6 is 0 Å². The van der Waals surface area contributed by atoms with Crippen molar-refractivity contribution < 1.29 is 14.7 Å². The molecule has 0 saturated carbocycles. The van der Waals surface area contributed by atoms with Gasteiger partial charge in [-0.3, -0.25) is 0 Å². The second kappa shape index (κ2) is 6.73. The molecule has 1 unspecified atom stereocenters. The number of urea groups is 1. The molecule has 0 aromatic heterocycles. The minimum absolute atomic E-state index is 0.218. The van der Waals surface area contributed by atoms with E-state index in [-0.39, 0.29) is 6.03 Å². The first kappa shape index (κ1) is 13.3. The fourth-order valence-corrected chi connectivity index (χ4v) is 3.75. The summed E-state index contributed by atoms with van der Waals surface area (Å²) in [5.74, 6) is -0.946. The summed E-state index contributed by atoms with van der Waals surface area (Å²) in [5.41, 5.74) is 0. The molecule has 2 amide bonds. The number of nitrogens with zero attached hydrogens (tertiary/aromatic N) is 1. The first-order chi connectivity index (χ1) is 6.04. The van der Waals surface area contributed by atoms with Crippen LogP contribution in [-0.4, -0.2) is 68.7 Å². The van der Waals surface area contributed by atoms with Crippen molar-refractivity contribution in [2.45, 2.75) is 22.9 Å². The number of hydrogen-bond acceptors (Lipinski definition) is 2. The Labute approximate surface area is 98.1 Å². The Balaban J connectivity index is 4.31. The van der Waals surface area contributed by atoms with Gasteiger partial charge in [0.2, 0.25) is 0 Å². The molecule has 2 N–H and O–H groups in total. The number of nitrogens with one attached hydrogen (secondary N) is 1. The summed E-state index contributed by atoms with van der Waals surface area (Å²) >= 11 is -1.18. The van der Waals surface area contributed by atoms with Crippen LogP contribution in [0.5, 0.6) is 0 Å². The van der Waals surface area contributed by atoms with Crippen LogP contribution in [0.1, 0.15) is 6.92 Å². The second-order valence-corrected chi connectivity index (χ2v) is 6.05. The Morgan fingerprint density at radius 2 is 2.00 bits per heavy atom. The number of amides is 2. The number of hydrogen-bond donors (Lipinski definition) is 2. The van der Waals surface area contributed by atoms with Gasteiger partial charge < -0.3 is 0 Å². The predicted octanol–water partition coefficient (Wildman–Crippen LogP) is -0.194. The van der Waals surface area contributed by atoms with E-state index >= 15 is 0 Å². The summed E-state index contributed by atoms with van der Waals surface area (Å²) in [6.45, 7) is 1.53. The van der Waals surface area contributed by atoms with Gasteiger partial charge in [-0.25, -0.2) is 0 Å². The SMILES string of the molecule is C[Te]NC(=O)N([Te]C)C(C)C(=O)O. The summed E-state index contributed by atoms with van der Waals surface area (Å²) in [5, 5.41) is 8.71. The van der Waals surface area contributed by atoms with Crippen LogP contribution in [0.15, 0.2) is 0 Å². The van der Waals surface area contributed by atoms with Crippen molar-refractivity contribution in [3.05, 3.63) is 0 Å². The van der Waals surface area contributed by atoms with Crippen molar-refractivity contribution in [2.75, 3.05) is 0 Å². The zero-order chi connectivity index (χ0) is 10.4. The van der Waals surface area contributed by atoms with Crippen LogP contribution in [0.25, 0.3) is 0 Å². The van der Waals surface area contributed by atoms with Gasteiger partial charge in [0.1, 0.15) is 0 Å². The monoisotopic (exact) mass is 420 g/mol. The molecule has 13 heavy (non-hydrogen) atoms. The third-order valence-corrected chi connectivity index (χ3v) is 4.87. The van der Waals surface area contributed by atoms with E-state index in [1.807, 2.05) is 9.94 Å². The van der Waals surface area contributed by atoms with Crippen LogP contribution in [0.4, 0.5) is 4.79 Å². The van der Waals surface area contributed by atoms with Crippen LogP contribution < -0.4 is 3.57 Å². The molecule has 0 spiro atoms. The van der Waals surface area contributed by atoms with Gasteiger partial charge in [0.15, 0.2) is 0 Å². The standard InChI is InChI=1S/C6H12N2O3Te2/c1-4(5(9)10)8(13-3)6(11)7-12-2/h4H,1-3H3,(H,7,11)(H,9,10). The molecule has 0 aromatic rings. The summed E-state index contributed by atoms with van der Waals surface area (Å²) < 4.78 is 4.15. The zero-order valence-corrected chi connectivity index (χ0v) is 12.3. The maximum atomic E-state index is 11.3. The van der Waals surface area contributed by atoms with E-state index in [0.29, 0.717) is 0 Å². The minimum atomic E-state index is -0.946. The summed E-state index contributed by atoms with van der Waals surface area (Å²) in [7, 11) is 0. The first-order valence-corrected chi connectivity index (χ1v) is 10.3. The molecule has 0 aliphatic carbocycles. The maximum absolute atomic E-state index is 11.3. The molecule has 7 heteroatoms. The van der Waals surface area contributed by atoms with Gasteiger partial charge in [-0.1, -0.05) is 0 Å². The van der Waals surface area contributed by atoms with E-state index in [1.54, 1.807) is 0 Å². The summed E-state index contributed by atoms with van der Waals surface area (Å²) in [6, 6.07) is -0.920. The number of carbonyl (C=O) groups excluding carboxylic acids is 1. The third-order valence-electron chi connectivity index (χ3n) is 1.30. The van der Waals surface area contributed by atoms with E-state index in [0.717, 1.165) is 0 Å². The Morgan fingerprint density at radius 1 is 1.46 bits per heavy atom. The molecule has 0 rings (SSSR count). The molecule has 0 heterocycles. The van der Waals surface area contributed by atoms with Crippen molar-refractivity contribution in [1.82, 2.24) is 6.72 Å². The molecule has 76 valence electrons. The fraction of sp³-hybridized carbons (Fsp3) is 0.667. The number of carbonyl (C=O) groups is 2. The Bertz CT molecular complexity index is 200. The molecule has 0 saturated heterocycles. The molecular formula is C6H12N2O3Te2. The van der Waals surface area contributed by atoms with E-state index in [1.165, 1.54) is 10.1 Å². The van der Waals surface area contributed by atoms with Gasteiger partial charge >= 0.3 is 98.7 Å². The molecule has 0 aliphatic rings. The molecule has 1 atom stereocenters.